The molecule has 3 aliphatic carbocycles. The van der Waals surface area contributed by atoms with Crippen molar-refractivity contribution in [2.75, 3.05) is 5.73 Å². The maximum Gasteiger partial charge on any atom is 0.394 e. The molecule has 0 radical (unpaired) electrons. The number of aromatic nitrogens is 2. The van der Waals surface area contributed by atoms with Crippen LogP contribution in [0, 0.1) is 5.41 Å². The molecular weight excluding hydrogens is 299 g/mol. The van der Waals surface area contributed by atoms with Gasteiger partial charge in [0.1, 0.15) is 11.4 Å². The van der Waals surface area contributed by atoms with Gasteiger partial charge in [0.25, 0.3) is 0 Å². The summed E-state index contributed by atoms with van der Waals surface area (Å²) in [6.45, 7) is 0. The summed E-state index contributed by atoms with van der Waals surface area (Å²) in [6.07, 6.45) is -4.79. The Balaban J connectivity index is 2.01. The Bertz CT molecular complexity index is 612. The number of carboxylic acids is 1. The molecule has 3 fully saturated rings. The van der Waals surface area contributed by atoms with Crippen LogP contribution in [0.4, 0.5) is 19.0 Å². The molecule has 0 amide bonds. The van der Waals surface area contributed by atoms with E-state index in [9.17, 15) is 18.0 Å². The minimum absolute atomic E-state index is 0.0219. The third kappa shape index (κ3) is 1.48. The molecule has 0 aliphatic heterocycles. The maximum atomic E-state index is 12.8. The number of carboxylic acid groups (broad SMARTS) is 1. The summed E-state index contributed by atoms with van der Waals surface area (Å²) in [5, 5.41) is 8.88. The zero-order chi connectivity index (χ0) is 14.9. The predicted octanol–water partition coefficient (Wildman–Crippen LogP) is 2.39. The number of carbonyl (C=O) groups is 1. The Labute approximate surface area is 116 Å². The van der Waals surface area contributed by atoms with Crippen molar-refractivity contribution in [2.24, 2.45) is 5.41 Å². The van der Waals surface area contributed by atoms with Crippen molar-refractivity contribution in [3.05, 3.63) is 16.5 Å². The highest BCUT2D eigenvalue weighted by atomic mass is 35.5. The van der Waals surface area contributed by atoms with E-state index < -0.39 is 23.0 Å². The molecule has 1 heterocycles. The number of aromatic carboxylic acids is 1. The summed E-state index contributed by atoms with van der Waals surface area (Å²) in [6, 6.07) is 0. The molecule has 3 aliphatic rings. The third-order valence-electron chi connectivity index (χ3n) is 4.26. The fourth-order valence-corrected chi connectivity index (χ4v) is 3.56. The molecule has 1 aromatic heterocycles. The topological polar surface area (TPSA) is 89.1 Å². The van der Waals surface area contributed by atoms with Crippen LogP contribution in [0.1, 0.15) is 35.3 Å². The minimum Gasteiger partial charge on any atom is -0.477 e. The highest BCUT2D eigenvalue weighted by Gasteiger charge is 2.79. The van der Waals surface area contributed by atoms with E-state index in [1.54, 1.807) is 0 Å². The van der Waals surface area contributed by atoms with E-state index in [1.807, 2.05) is 0 Å². The molecule has 9 heteroatoms. The van der Waals surface area contributed by atoms with Crippen molar-refractivity contribution in [2.45, 2.75) is 30.9 Å². The molecule has 108 valence electrons. The van der Waals surface area contributed by atoms with E-state index >= 15 is 0 Å². The van der Waals surface area contributed by atoms with Crippen molar-refractivity contribution in [1.29, 1.82) is 0 Å². The van der Waals surface area contributed by atoms with E-state index in [0.29, 0.717) is 0 Å². The van der Waals surface area contributed by atoms with Crippen LogP contribution in [-0.4, -0.2) is 27.2 Å². The van der Waals surface area contributed by atoms with Gasteiger partial charge in [0.2, 0.25) is 5.28 Å². The van der Waals surface area contributed by atoms with Gasteiger partial charge < -0.3 is 10.8 Å². The van der Waals surface area contributed by atoms with Gasteiger partial charge in [0.15, 0.2) is 0 Å². The van der Waals surface area contributed by atoms with Gasteiger partial charge in [-0.3, -0.25) is 0 Å². The number of nitrogens with two attached hydrogens (primary N) is 1. The lowest BCUT2D eigenvalue weighted by Crippen LogP contribution is -2.71. The molecule has 0 unspecified atom stereocenters. The first-order chi connectivity index (χ1) is 9.10. The van der Waals surface area contributed by atoms with Gasteiger partial charge in [-0.05, 0) is 30.9 Å². The second-order valence-corrected chi connectivity index (χ2v) is 5.83. The summed E-state index contributed by atoms with van der Waals surface area (Å²) in [5.41, 5.74) is 2.59. The van der Waals surface area contributed by atoms with Gasteiger partial charge in [-0.25, -0.2) is 14.8 Å². The minimum atomic E-state index is -4.28. The summed E-state index contributed by atoms with van der Waals surface area (Å²) in [7, 11) is 0. The molecule has 1 aromatic rings. The third-order valence-corrected chi connectivity index (χ3v) is 4.43. The highest BCUT2D eigenvalue weighted by Crippen LogP contribution is 2.78. The van der Waals surface area contributed by atoms with Crippen molar-refractivity contribution in [1.82, 2.24) is 9.97 Å². The van der Waals surface area contributed by atoms with Crippen LogP contribution in [-0.2, 0) is 5.41 Å². The van der Waals surface area contributed by atoms with Crippen LogP contribution in [0.2, 0.25) is 5.28 Å². The first-order valence-electron chi connectivity index (χ1n) is 5.74. The Morgan fingerprint density at radius 1 is 1.30 bits per heavy atom. The molecule has 2 bridgehead atoms. The van der Waals surface area contributed by atoms with Crippen LogP contribution in [0.5, 0.6) is 0 Å². The molecule has 0 saturated heterocycles. The van der Waals surface area contributed by atoms with E-state index in [4.69, 9.17) is 22.4 Å². The average molecular weight is 308 g/mol. The molecule has 3 N–H and O–H groups in total. The van der Waals surface area contributed by atoms with E-state index in [0.717, 1.165) is 0 Å². The van der Waals surface area contributed by atoms with Crippen molar-refractivity contribution in [3.8, 4) is 0 Å². The molecule has 0 spiro atoms. The van der Waals surface area contributed by atoms with Gasteiger partial charge in [-0.2, -0.15) is 13.2 Å². The quantitative estimate of drug-likeness (QED) is 0.819. The van der Waals surface area contributed by atoms with E-state index in [1.165, 1.54) is 0 Å². The first-order valence-corrected chi connectivity index (χ1v) is 6.12. The van der Waals surface area contributed by atoms with Crippen LogP contribution in [0.15, 0.2) is 0 Å². The number of nitrogens with zero attached hydrogens (tertiary/aromatic N) is 2. The van der Waals surface area contributed by atoms with Crippen LogP contribution in [0.3, 0.4) is 0 Å². The molecule has 4 rings (SSSR count). The summed E-state index contributed by atoms with van der Waals surface area (Å²) < 4.78 is 38.5. The van der Waals surface area contributed by atoms with Gasteiger partial charge in [0, 0.05) is 5.41 Å². The molecule has 0 atom stereocenters. The summed E-state index contributed by atoms with van der Waals surface area (Å²) in [5.74, 6) is -1.68. The Morgan fingerprint density at radius 2 is 1.85 bits per heavy atom. The Kier molecular flexibility index (Phi) is 2.38. The number of hydrogen-bond acceptors (Lipinski definition) is 4. The predicted molar refractivity (Wildman–Crippen MR) is 62.4 cm³/mol. The number of halogens is 4. The van der Waals surface area contributed by atoms with Crippen LogP contribution >= 0.6 is 11.6 Å². The Hall–Kier alpha value is -1.57. The molecule has 5 nitrogen and oxygen atoms in total. The summed E-state index contributed by atoms with van der Waals surface area (Å²) >= 11 is 5.64. The molecule has 20 heavy (non-hydrogen) atoms. The van der Waals surface area contributed by atoms with E-state index in [2.05, 4.69) is 9.97 Å². The fourth-order valence-electron chi connectivity index (χ4n) is 3.38. The highest BCUT2D eigenvalue weighted by molar-refractivity contribution is 6.28. The zero-order valence-electron chi connectivity index (χ0n) is 9.96. The lowest BCUT2D eigenvalue weighted by Gasteiger charge is -2.70. The average Bonchev–Trinajstić information content (AvgIpc) is 2.07. The molecular formula is C11H9ClF3N3O2. The van der Waals surface area contributed by atoms with E-state index in [-0.39, 0.29) is 41.6 Å². The monoisotopic (exact) mass is 307 g/mol. The number of alkyl halides is 3. The normalized spacial score (nSPS) is 31.4. The standard InChI is InChI=1S/C11H9ClF3N3O2/c12-8-17-5(4(7(19)20)6(16)18-8)9-1-10(2-9,3-9)11(13,14)15/h1-3H2,(H,19,20)(H2,16,17,18). The van der Waals surface area contributed by atoms with Gasteiger partial charge in [-0.1, -0.05) is 0 Å². The SMILES string of the molecule is Nc1nc(Cl)nc(C23CC(C(F)(F)F)(C2)C3)c1C(=O)O. The largest absolute Gasteiger partial charge is 0.477 e. The smallest absolute Gasteiger partial charge is 0.394 e. The van der Waals surface area contributed by atoms with Gasteiger partial charge >= 0.3 is 12.1 Å². The summed E-state index contributed by atoms with van der Waals surface area (Å²) in [4.78, 5) is 18.6. The zero-order valence-corrected chi connectivity index (χ0v) is 10.7. The maximum absolute atomic E-state index is 12.8. The van der Waals surface area contributed by atoms with Crippen molar-refractivity contribution in [3.63, 3.8) is 0 Å². The van der Waals surface area contributed by atoms with Gasteiger partial charge in [-0.15, -0.1) is 0 Å². The number of anilines is 1. The van der Waals surface area contributed by atoms with Crippen LogP contribution < -0.4 is 5.73 Å². The Morgan fingerprint density at radius 3 is 2.30 bits per heavy atom. The number of rotatable bonds is 2. The first kappa shape index (κ1) is 13.4. The molecule has 0 aromatic carbocycles. The lowest BCUT2D eigenvalue weighted by molar-refractivity contribution is -0.337. The second-order valence-electron chi connectivity index (χ2n) is 5.50. The van der Waals surface area contributed by atoms with Crippen molar-refractivity contribution >= 4 is 23.4 Å². The second kappa shape index (κ2) is 3.55. The van der Waals surface area contributed by atoms with Gasteiger partial charge in [0.05, 0.1) is 11.1 Å². The number of nitrogen functional groups attached to an aromatic ring is 1. The number of hydrogen-bond donors (Lipinski definition) is 2. The fraction of sp³-hybridized carbons (Fsp3) is 0.545. The lowest BCUT2D eigenvalue weighted by atomic mass is 9.33. The molecule has 3 saturated carbocycles. The van der Waals surface area contributed by atoms with Crippen LogP contribution in [0.25, 0.3) is 0 Å². The van der Waals surface area contributed by atoms with Crippen molar-refractivity contribution < 1.29 is 23.1 Å².